The molecule has 124 valence electrons. The van der Waals surface area contributed by atoms with Crippen LogP contribution in [0.5, 0.6) is 5.75 Å². The van der Waals surface area contributed by atoms with Gasteiger partial charge in [0.15, 0.2) is 0 Å². The largest absolute Gasteiger partial charge is 0.494 e. The van der Waals surface area contributed by atoms with Crippen molar-refractivity contribution in [1.82, 2.24) is 10.3 Å². The predicted octanol–water partition coefficient (Wildman–Crippen LogP) is 3.69. The maximum absolute atomic E-state index is 11.8. The van der Waals surface area contributed by atoms with E-state index in [1.165, 1.54) is 10.9 Å². The van der Waals surface area contributed by atoms with Crippen LogP contribution in [0.1, 0.15) is 18.4 Å². The Labute approximate surface area is 141 Å². The van der Waals surface area contributed by atoms with Gasteiger partial charge in [-0.3, -0.25) is 4.79 Å². The van der Waals surface area contributed by atoms with Crippen LogP contribution < -0.4 is 10.1 Å². The molecule has 24 heavy (non-hydrogen) atoms. The van der Waals surface area contributed by atoms with Crippen molar-refractivity contribution in [2.75, 3.05) is 13.2 Å². The molecule has 1 amide bonds. The molecule has 4 heteroatoms. The first kappa shape index (κ1) is 16.1. The summed E-state index contributed by atoms with van der Waals surface area (Å²) in [5, 5.41) is 4.17. The zero-order valence-corrected chi connectivity index (χ0v) is 13.6. The van der Waals surface area contributed by atoms with Gasteiger partial charge in [-0.15, -0.1) is 0 Å². The predicted molar refractivity (Wildman–Crippen MR) is 96.2 cm³/mol. The zero-order valence-electron chi connectivity index (χ0n) is 13.6. The normalized spacial score (nSPS) is 10.7. The summed E-state index contributed by atoms with van der Waals surface area (Å²) < 4.78 is 5.58. The monoisotopic (exact) mass is 322 g/mol. The van der Waals surface area contributed by atoms with Gasteiger partial charge < -0.3 is 15.0 Å². The lowest BCUT2D eigenvalue weighted by Crippen LogP contribution is -2.25. The fourth-order valence-corrected chi connectivity index (χ4v) is 2.63. The van der Waals surface area contributed by atoms with Gasteiger partial charge in [0.05, 0.1) is 6.61 Å². The molecular weight excluding hydrogens is 300 g/mol. The third-order valence-electron chi connectivity index (χ3n) is 3.91. The van der Waals surface area contributed by atoms with E-state index in [-0.39, 0.29) is 5.91 Å². The Kier molecular flexibility index (Phi) is 5.51. The summed E-state index contributed by atoms with van der Waals surface area (Å²) in [5.74, 6) is 0.924. The number of fused-ring (bicyclic) bond motifs is 1. The van der Waals surface area contributed by atoms with E-state index in [2.05, 4.69) is 34.6 Å². The number of aromatic amines is 1. The van der Waals surface area contributed by atoms with Crippen LogP contribution in [-0.2, 0) is 11.2 Å². The summed E-state index contributed by atoms with van der Waals surface area (Å²) in [7, 11) is 0. The van der Waals surface area contributed by atoms with Crippen molar-refractivity contribution in [2.24, 2.45) is 0 Å². The van der Waals surface area contributed by atoms with Crippen LogP contribution in [0.15, 0.2) is 60.8 Å². The van der Waals surface area contributed by atoms with Crippen molar-refractivity contribution < 1.29 is 9.53 Å². The summed E-state index contributed by atoms with van der Waals surface area (Å²) in [6.07, 6.45) is 3.99. The molecule has 0 aliphatic rings. The number of carbonyl (C=O) groups excluding carboxylic acids is 1. The molecule has 3 aromatic rings. The molecule has 0 fully saturated rings. The molecule has 1 aromatic heterocycles. The number of nitrogens with one attached hydrogen (secondary N) is 2. The van der Waals surface area contributed by atoms with Gasteiger partial charge in [0, 0.05) is 24.7 Å². The van der Waals surface area contributed by atoms with Crippen molar-refractivity contribution >= 4 is 16.8 Å². The molecule has 0 bridgehead atoms. The number of ether oxygens (including phenoxy) is 1. The van der Waals surface area contributed by atoms with Gasteiger partial charge in [0.1, 0.15) is 5.75 Å². The number of amides is 1. The Morgan fingerprint density at radius 1 is 1.08 bits per heavy atom. The van der Waals surface area contributed by atoms with Crippen molar-refractivity contribution in [3.05, 3.63) is 66.4 Å². The summed E-state index contributed by atoms with van der Waals surface area (Å²) in [6, 6.07) is 18.1. The van der Waals surface area contributed by atoms with Crippen LogP contribution in [0.2, 0.25) is 0 Å². The molecule has 3 rings (SSSR count). The van der Waals surface area contributed by atoms with Crippen LogP contribution in [0.3, 0.4) is 0 Å². The molecule has 0 saturated carbocycles. The van der Waals surface area contributed by atoms with Gasteiger partial charge in [0.2, 0.25) is 5.91 Å². The quantitative estimate of drug-likeness (QED) is 0.622. The van der Waals surface area contributed by atoms with E-state index in [1.54, 1.807) is 0 Å². The van der Waals surface area contributed by atoms with Gasteiger partial charge >= 0.3 is 0 Å². The van der Waals surface area contributed by atoms with Gasteiger partial charge in [-0.2, -0.15) is 0 Å². The van der Waals surface area contributed by atoms with Crippen LogP contribution in [0.25, 0.3) is 10.9 Å². The number of carbonyl (C=O) groups is 1. The number of hydrogen-bond acceptors (Lipinski definition) is 2. The lowest BCUT2D eigenvalue weighted by atomic mass is 10.1. The Bertz CT molecular complexity index is 780. The Balaban J connectivity index is 1.32. The van der Waals surface area contributed by atoms with Crippen LogP contribution >= 0.6 is 0 Å². The van der Waals surface area contributed by atoms with E-state index in [9.17, 15) is 4.79 Å². The molecule has 0 unspecified atom stereocenters. The van der Waals surface area contributed by atoms with Crippen molar-refractivity contribution in [1.29, 1.82) is 0 Å². The van der Waals surface area contributed by atoms with Gasteiger partial charge in [0.25, 0.3) is 0 Å². The molecular formula is C20H22N2O2. The Hall–Kier alpha value is -2.75. The number of H-pyrrole nitrogens is 1. The maximum atomic E-state index is 11.8. The molecule has 0 aliphatic carbocycles. The third-order valence-corrected chi connectivity index (χ3v) is 3.91. The van der Waals surface area contributed by atoms with Gasteiger partial charge in [-0.1, -0.05) is 24.3 Å². The molecule has 2 N–H and O–H groups in total. The fourth-order valence-electron chi connectivity index (χ4n) is 2.63. The average molecular weight is 322 g/mol. The molecule has 0 saturated heterocycles. The Morgan fingerprint density at radius 3 is 2.83 bits per heavy atom. The molecule has 0 spiro atoms. The van der Waals surface area contributed by atoms with Crippen molar-refractivity contribution in [3.8, 4) is 5.75 Å². The van der Waals surface area contributed by atoms with Crippen LogP contribution in [0, 0.1) is 0 Å². The molecule has 0 atom stereocenters. The lowest BCUT2D eigenvalue weighted by Gasteiger charge is -2.07. The second-order valence-electron chi connectivity index (χ2n) is 5.76. The van der Waals surface area contributed by atoms with Crippen LogP contribution in [0.4, 0.5) is 0 Å². The van der Waals surface area contributed by atoms with E-state index in [0.29, 0.717) is 19.6 Å². The van der Waals surface area contributed by atoms with Crippen molar-refractivity contribution in [2.45, 2.75) is 19.3 Å². The zero-order chi connectivity index (χ0) is 16.6. The van der Waals surface area contributed by atoms with E-state index in [1.807, 2.05) is 36.5 Å². The van der Waals surface area contributed by atoms with E-state index < -0.39 is 0 Å². The highest BCUT2D eigenvalue weighted by Crippen LogP contribution is 2.14. The average Bonchev–Trinajstić information content (AvgIpc) is 3.07. The molecule has 4 nitrogen and oxygen atoms in total. The van der Waals surface area contributed by atoms with Crippen molar-refractivity contribution in [3.63, 3.8) is 0 Å². The first-order valence-electron chi connectivity index (χ1n) is 8.32. The smallest absolute Gasteiger partial charge is 0.220 e. The minimum absolute atomic E-state index is 0.0781. The minimum Gasteiger partial charge on any atom is -0.494 e. The van der Waals surface area contributed by atoms with E-state index >= 15 is 0 Å². The summed E-state index contributed by atoms with van der Waals surface area (Å²) in [6.45, 7) is 1.22. The standard InChI is InChI=1S/C20H22N2O2/c23-20(7-4-14-24-18-5-2-1-3-6-18)22-12-10-16-8-9-19-17(15-16)11-13-21-19/h1-3,5-6,8-9,11,13,15,21H,4,7,10,12,14H2,(H,22,23). The Morgan fingerprint density at radius 2 is 1.96 bits per heavy atom. The first-order valence-corrected chi connectivity index (χ1v) is 8.32. The highest BCUT2D eigenvalue weighted by Gasteiger charge is 2.02. The summed E-state index contributed by atoms with van der Waals surface area (Å²) in [4.78, 5) is 15.0. The lowest BCUT2D eigenvalue weighted by molar-refractivity contribution is -0.121. The van der Waals surface area contributed by atoms with Crippen LogP contribution in [-0.4, -0.2) is 24.0 Å². The number of hydrogen-bond donors (Lipinski definition) is 2. The minimum atomic E-state index is 0.0781. The molecule has 0 radical (unpaired) electrons. The number of aromatic nitrogens is 1. The summed E-state index contributed by atoms with van der Waals surface area (Å²) >= 11 is 0. The van der Waals surface area contributed by atoms with E-state index in [4.69, 9.17) is 4.74 Å². The molecule has 0 aliphatic heterocycles. The number of benzene rings is 2. The SMILES string of the molecule is O=C(CCCOc1ccccc1)NCCc1ccc2[nH]ccc2c1. The third kappa shape index (κ3) is 4.62. The first-order chi connectivity index (χ1) is 11.8. The van der Waals surface area contributed by atoms with Gasteiger partial charge in [-0.05, 0) is 54.1 Å². The van der Waals surface area contributed by atoms with Gasteiger partial charge in [-0.25, -0.2) is 0 Å². The maximum Gasteiger partial charge on any atom is 0.220 e. The highest BCUT2D eigenvalue weighted by atomic mass is 16.5. The fraction of sp³-hybridized carbons (Fsp3) is 0.250. The molecule has 2 aromatic carbocycles. The second-order valence-corrected chi connectivity index (χ2v) is 5.76. The second kappa shape index (κ2) is 8.20. The number of para-hydroxylation sites is 1. The highest BCUT2D eigenvalue weighted by molar-refractivity contribution is 5.80. The molecule has 1 heterocycles. The number of rotatable bonds is 8. The topological polar surface area (TPSA) is 54.1 Å². The summed E-state index contributed by atoms with van der Waals surface area (Å²) in [5.41, 5.74) is 2.37. The van der Waals surface area contributed by atoms with E-state index in [0.717, 1.165) is 24.1 Å².